The Hall–Kier alpha value is -2.32. The van der Waals surface area contributed by atoms with E-state index in [2.05, 4.69) is 0 Å². The van der Waals surface area contributed by atoms with Crippen LogP contribution in [-0.2, 0) is 4.79 Å². The van der Waals surface area contributed by atoms with Crippen LogP contribution < -0.4 is 10.6 Å². The van der Waals surface area contributed by atoms with E-state index in [4.69, 9.17) is 5.11 Å². The third kappa shape index (κ3) is 4.07. The Bertz CT molecular complexity index is 540. The van der Waals surface area contributed by atoms with E-state index < -0.39 is 47.0 Å². The number of carbonyl (C=O) groups is 2. The number of nitrogens with one attached hydrogen (secondary N) is 2. The number of amides is 2. The van der Waals surface area contributed by atoms with E-state index in [1.807, 2.05) is 5.32 Å². The normalized spacial score (nSPS) is 11.9. The molecule has 1 aromatic rings. The highest BCUT2D eigenvalue weighted by Gasteiger charge is 2.23. The number of carboxylic acids is 1. The van der Waals surface area contributed by atoms with Gasteiger partial charge in [0, 0.05) is 6.07 Å². The summed E-state index contributed by atoms with van der Waals surface area (Å²) in [6.07, 6.45) is 0.500. The minimum atomic E-state index is -1.79. The van der Waals surface area contributed by atoms with Gasteiger partial charge in [-0.2, -0.15) is 0 Å². The minimum absolute atomic E-state index is 0.00904. The molecule has 0 fully saturated rings. The zero-order valence-corrected chi connectivity index (χ0v) is 10.8. The van der Waals surface area contributed by atoms with Gasteiger partial charge < -0.3 is 15.7 Å². The Balaban J connectivity index is 2.91. The van der Waals surface area contributed by atoms with Crippen molar-refractivity contribution in [2.75, 3.05) is 5.32 Å². The van der Waals surface area contributed by atoms with Crippen molar-refractivity contribution in [1.29, 1.82) is 0 Å². The number of halogens is 4. The highest BCUT2D eigenvalue weighted by atomic mass is 19.2. The molecule has 3 N–H and O–H groups in total. The van der Waals surface area contributed by atoms with Crippen LogP contribution in [0, 0.1) is 23.3 Å². The molecule has 1 rings (SSSR count). The molecular weight excluding hydrogens is 296 g/mol. The molecule has 0 aliphatic rings. The molecule has 0 radical (unpaired) electrons. The summed E-state index contributed by atoms with van der Waals surface area (Å²) >= 11 is 0. The Morgan fingerprint density at radius 2 is 1.71 bits per heavy atom. The first-order valence-electron chi connectivity index (χ1n) is 5.91. The first kappa shape index (κ1) is 16.7. The van der Waals surface area contributed by atoms with E-state index in [0.29, 0.717) is 6.42 Å². The quantitative estimate of drug-likeness (QED) is 0.578. The summed E-state index contributed by atoms with van der Waals surface area (Å²) in [5.41, 5.74) is -1.33. The van der Waals surface area contributed by atoms with Crippen LogP contribution in [0.25, 0.3) is 0 Å². The molecule has 0 aliphatic carbocycles. The fourth-order valence-corrected chi connectivity index (χ4v) is 1.54. The molecule has 0 bridgehead atoms. The van der Waals surface area contributed by atoms with Gasteiger partial charge in [0.1, 0.15) is 11.7 Å². The summed E-state index contributed by atoms with van der Waals surface area (Å²) in [6.45, 7) is 1.66. The average Bonchev–Trinajstić information content (AvgIpc) is 2.41. The topological polar surface area (TPSA) is 78.4 Å². The monoisotopic (exact) mass is 308 g/mol. The van der Waals surface area contributed by atoms with E-state index in [1.54, 1.807) is 12.2 Å². The number of aliphatic carboxylic acids is 1. The van der Waals surface area contributed by atoms with Crippen molar-refractivity contribution in [2.45, 2.75) is 25.8 Å². The van der Waals surface area contributed by atoms with Gasteiger partial charge in [-0.05, 0) is 6.42 Å². The van der Waals surface area contributed by atoms with Crippen LogP contribution in [-0.4, -0.2) is 23.1 Å². The standard InChI is InChI=1S/C12H12F4N2O3/c1-2-3-7(11(19)20)17-12(21)18-10-8(15)5(13)4-6(14)9(10)16/h4,7H,2-3H2,1H3,(H,19,20)(H2,17,18,21)/t7-/m0/s1. The first-order chi connectivity index (χ1) is 9.77. The van der Waals surface area contributed by atoms with Gasteiger partial charge in [-0.1, -0.05) is 13.3 Å². The first-order valence-corrected chi connectivity index (χ1v) is 5.91. The number of hydrogen-bond donors (Lipinski definition) is 3. The Morgan fingerprint density at radius 1 is 1.19 bits per heavy atom. The van der Waals surface area contributed by atoms with Crippen LogP contribution in [0.5, 0.6) is 0 Å². The molecule has 0 saturated heterocycles. The van der Waals surface area contributed by atoms with Gasteiger partial charge in [-0.3, -0.25) is 0 Å². The summed E-state index contributed by atoms with van der Waals surface area (Å²) in [4.78, 5) is 22.3. The lowest BCUT2D eigenvalue weighted by molar-refractivity contribution is -0.139. The van der Waals surface area contributed by atoms with Crippen LogP contribution in [0.15, 0.2) is 6.07 Å². The number of rotatable bonds is 5. The van der Waals surface area contributed by atoms with Crippen molar-refractivity contribution in [3.05, 3.63) is 29.3 Å². The molecule has 9 heteroatoms. The van der Waals surface area contributed by atoms with Crippen LogP contribution >= 0.6 is 0 Å². The number of carbonyl (C=O) groups excluding carboxylic acids is 1. The van der Waals surface area contributed by atoms with Crippen LogP contribution in [0.2, 0.25) is 0 Å². The van der Waals surface area contributed by atoms with Gasteiger partial charge in [-0.25, -0.2) is 27.2 Å². The summed E-state index contributed by atoms with van der Waals surface area (Å²) in [5.74, 6) is -8.30. The molecule has 0 heterocycles. The molecule has 1 aromatic carbocycles. The molecule has 5 nitrogen and oxygen atoms in total. The molecule has 21 heavy (non-hydrogen) atoms. The highest BCUT2D eigenvalue weighted by Crippen LogP contribution is 2.23. The summed E-state index contributed by atoms with van der Waals surface area (Å²) in [7, 11) is 0. The Kier molecular flexibility index (Phi) is 5.51. The molecule has 1 atom stereocenters. The molecular formula is C12H12F4N2O3. The second-order valence-electron chi connectivity index (χ2n) is 4.12. The van der Waals surface area contributed by atoms with Crippen LogP contribution in [0.3, 0.4) is 0 Å². The fraction of sp³-hybridized carbons (Fsp3) is 0.333. The number of urea groups is 1. The lowest BCUT2D eigenvalue weighted by Gasteiger charge is -2.15. The summed E-state index contributed by atoms with van der Waals surface area (Å²) in [6, 6.07) is -2.59. The summed E-state index contributed by atoms with van der Waals surface area (Å²) < 4.78 is 52.5. The number of carboxylic acid groups (broad SMARTS) is 1. The summed E-state index contributed by atoms with van der Waals surface area (Å²) in [5, 5.41) is 12.3. The zero-order chi connectivity index (χ0) is 16.2. The van der Waals surface area contributed by atoms with Gasteiger partial charge in [-0.15, -0.1) is 0 Å². The van der Waals surface area contributed by atoms with Gasteiger partial charge in [0.15, 0.2) is 23.3 Å². The van der Waals surface area contributed by atoms with Crippen molar-refractivity contribution >= 4 is 17.7 Å². The van der Waals surface area contributed by atoms with Gasteiger partial charge >= 0.3 is 12.0 Å². The lowest BCUT2D eigenvalue weighted by Crippen LogP contribution is -2.43. The van der Waals surface area contributed by atoms with Crippen molar-refractivity contribution in [3.8, 4) is 0 Å². The van der Waals surface area contributed by atoms with Gasteiger partial charge in [0.25, 0.3) is 0 Å². The SMILES string of the molecule is CCC[C@H](NC(=O)Nc1c(F)c(F)cc(F)c1F)C(=O)O. The Labute approximate surface area is 117 Å². The maximum atomic E-state index is 13.3. The molecule has 0 saturated carbocycles. The lowest BCUT2D eigenvalue weighted by atomic mass is 10.2. The van der Waals surface area contributed by atoms with Crippen molar-refractivity contribution < 1.29 is 32.3 Å². The third-order valence-electron chi connectivity index (χ3n) is 2.53. The smallest absolute Gasteiger partial charge is 0.326 e. The van der Waals surface area contributed by atoms with E-state index in [-0.39, 0.29) is 12.5 Å². The molecule has 0 aliphatic heterocycles. The van der Waals surface area contributed by atoms with Gasteiger partial charge in [0.05, 0.1) is 0 Å². The third-order valence-corrected chi connectivity index (χ3v) is 2.53. The maximum Gasteiger partial charge on any atom is 0.326 e. The largest absolute Gasteiger partial charge is 0.480 e. The predicted octanol–water partition coefficient (Wildman–Crippen LogP) is 2.62. The fourth-order valence-electron chi connectivity index (χ4n) is 1.54. The van der Waals surface area contributed by atoms with E-state index in [0.717, 1.165) is 0 Å². The molecule has 2 amide bonds. The van der Waals surface area contributed by atoms with Crippen molar-refractivity contribution in [1.82, 2.24) is 5.32 Å². The molecule has 0 spiro atoms. The minimum Gasteiger partial charge on any atom is -0.480 e. The van der Waals surface area contributed by atoms with E-state index >= 15 is 0 Å². The molecule has 0 aromatic heterocycles. The predicted molar refractivity (Wildman–Crippen MR) is 64.8 cm³/mol. The van der Waals surface area contributed by atoms with Crippen LogP contribution in [0.4, 0.5) is 28.0 Å². The van der Waals surface area contributed by atoms with Gasteiger partial charge in [0.2, 0.25) is 0 Å². The molecule has 116 valence electrons. The van der Waals surface area contributed by atoms with Crippen LogP contribution in [0.1, 0.15) is 19.8 Å². The molecule has 0 unspecified atom stereocenters. The Morgan fingerprint density at radius 3 is 2.14 bits per heavy atom. The zero-order valence-electron chi connectivity index (χ0n) is 10.8. The second-order valence-corrected chi connectivity index (χ2v) is 4.12. The highest BCUT2D eigenvalue weighted by molar-refractivity contribution is 5.92. The van der Waals surface area contributed by atoms with E-state index in [9.17, 15) is 27.2 Å². The van der Waals surface area contributed by atoms with Crippen molar-refractivity contribution in [2.24, 2.45) is 0 Å². The maximum absolute atomic E-state index is 13.3. The number of benzene rings is 1. The van der Waals surface area contributed by atoms with E-state index in [1.165, 1.54) is 0 Å². The van der Waals surface area contributed by atoms with Crippen molar-refractivity contribution in [3.63, 3.8) is 0 Å². The number of hydrogen-bond acceptors (Lipinski definition) is 2. The average molecular weight is 308 g/mol. The second kappa shape index (κ2) is 6.91. The number of anilines is 1.